The zero-order valence-electron chi connectivity index (χ0n) is 14.5. The van der Waals surface area contributed by atoms with Crippen molar-refractivity contribution in [3.05, 3.63) is 48.5 Å². The Kier molecular flexibility index (Phi) is 5.02. The molecular formula is C18H23N5O2. The lowest BCUT2D eigenvalue weighted by Crippen LogP contribution is -2.49. The first-order valence-electron chi connectivity index (χ1n) is 8.44. The minimum absolute atomic E-state index is 0.0683. The molecule has 2 atom stereocenters. The first-order valence-corrected chi connectivity index (χ1v) is 8.44. The van der Waals surface area contributed by atoms with Crippen LogP contribution < -0.4 is 15.5 Å². The third kappa shape index (κ3) is 4.17. The predicted molar refractivity (Wildman–Crippen MR) is 95.3 cm³/mol. The monoisotopic (exact) mass is 341 g/mol. The van der Waals surface area contributed by atoms with Gasteiger partial charge >= 0.3 is 6.03 Å². The summed E-state index contributed by atoms with van der Waals surface area (Å²) in [6.45, 7) is 5.16. The Hall–Kier alpha value is -2.83. The third-order valence-corrected chi connectivity index (χ3v) is 4.28. The first kappa shape index (κ1) is 17.0. The maximum Gasteiger partial charge on any atom is 0.315 e. The van der Waals surface area contributed by atoms with Crippen LogP contribution in [-0.4, -0.2) is 40.1 Å². The van der Waals surface area contributed by atoms with Crippen LogP contribution in [0.15, 0.2) is 43.0 Å². The van der Waals surface area contributed by atoms with Crippen molar-refractivity contribution in [1.29, 1.82) is 0 Å². The van der Waals surface area contributed by atoms with Gasteiger partial charge in [-0.25, -0.2) is 9.78 Å². The number of nitrogens with one attached hydrogen (secondary N) is 2. The number of urea groups is 1. The molecule has 2 heterocycles. The summed E-state index contributed by atoms with van der Waals surface area (Å²) in [5.41, 5.74) is 2.02. The number of nitrogens with zero attached hydrogens (tertiary/aromatic N) is 3. The lowest BCUT2D eigenvalue weighted by atomic mass is 10.2. The Labute approximate surface area is 147 Å². The van der Waals surface area contributed by atoms with Gasteiger partial charge in [-0.1, -0.05) is 17.7 Å². The number of aromatic nitrogens is 2. The number of hydrogen-bond acceptors (Lipinski definition) is 3. The highest BCUT2D eigenvalue weighted by Crippen LogP contribution is 2.21. The standard InChI is InChI=1S/C18H23N5O2/c1-13-3-5-15(6-4-13)23-9-7-16(17(23)24)21-18(25)20-14(2)11-22-10-8-19-12-22/h3-6,8,10,12,14,16H,7,9,11H2,1-2H3,(H2,20,21,25)/t14-,16+/m0/s1. The summed E-state index contributed by atoms with van der Waals surface area (Å²) in [7, 11) is 0. The normalized spacial score (nSPS) is 18.2. The van der Waals surface area contributed by atoms with Crippen molar-refractivity contribution < 1.29 is 9.59 Å². The van der Waals surface area contributed by atoms with Crippen molar-refractivity contribution >= 4 is 17.6 Å². The SMILES string of the molecule is Cc1ccc(N2CC[C@@H](NC(=O)N[C@@H](C)Cn3ccnc3)C2=O)cc1. The molecule has 2 aromatic rings. The van der Waals surface area contributed by atoms with E-state index in [2.05, 4.69) is 15.6 Å². The quantitative estimate of drug-likeness (QED) is 0.868. The molecule has 2 N–H and O–H groups in total. The van der Waals surface area contributed by atoms with Gasteiger partial charge < -0.3 is 20.1 Å². The van der Waals surface area contributed by atoms with Crippen LogP contribution in [0.3, 0.4) is 0 Å². The van der Waals surface area contributed by atoms with E-state index in [-0.39, 0.29) is 18.0 Å². The summed E-state index contributed by atoms with van der Waals surface area (Å²) in [6, 6.07) is 6.95. The average Bonchev–Trinajstić information content (AvgIpc) is 3.19. The first-order chi connectivity index (χ1) is 12.0. The van der Waals surface area contributed by atoms with Crippen molar-refractivity contribution in [1.82, 2.24) is 20.2 Å². The number of benzene rings is 1. The second-order valence-corrected chi connectivity index (χ2v) is 6.45. The van der Waals surface area contributed by atoms with Crippen molar-refractivity contribution in [3.8, 4) is 0 Å². The van der Waals surface area contributed by atoms with Gasteiger partial charge in [0.1, 0.15) is 6.04 Å². The third-order valence-electron chi connectivity index (χ3n) is 4.28. The Morgan fingerprint density at radius 2 is 2.12 bits per heavy atom. The van der Waals surface area contributed by atoms with E-state index in [1.807, 2.05) is 48.9 Å². The summed E-state index contributed by atoms with van der Waals surface area (Å²) in [5, 5.41) is 5.64. The number of imidazole rings is 1. The Morgan fingerprint density at radius 1 is 1.36 bits per heavy atom. The van der Waals surface area contributed by atoms with E-state index in [1.165, 1.54) is 0 Å². The van der Waals surface area contributed by atoms with Gasteiger partial charge in [0.05, 0.1) is 6.33 Å². The topological polar surface area (TPSA) is 79.3 Å². The minimum atomic E-state index is -0.484. The van der Waals surface area contributed by atoms with Crippen LogP contribution in [0.4, 0.5) is 10.5 Å². The molecule has 132 valence electrons. The number of hydrogen-bond donors (Lipinski definition) is 2. The molecule has 7 heteroatoms. The summed E-state index contributed by atoms with van der Waals surface area (Å²) in [5.74, 6) is -0.0683. The Morgan fingerprint density at radius 3 is 2.80 bits per heavy atom. The maximum atomic E-state index is 12.5. The van der Waals surface area contributed by atoms with Crippen molar-refractivity contribution in [2.24, 2.45) is 0 Å². The van der Waals surface area contributed by atoms with Crippen LogP contribution in [0.1, 0.15) is 18.9 Å². The van der Waals surface area contributed by atoms with Gasteiger partial charge in [0.25, 0.3) is 0 Å². The molecule has 3 amide bonds. The van der Waals surface area contributed by atoms with Crippen LogP contribution in [0.2, 0.25) is 0 Å². The zero-order valence-corrected chi connectivity index (χ0v) is 14.5. The van der Waals surface area contributed by atoms with Crippen LogP contribution in [-0.2, 0) is 11.3 Å². The number of carbonyl (C=O) groups is 2. The highest BCUT2D eigenvalue weighted by atomic mass is 16.2. The van der Waals surface area contributed by atoms with Crippen molar-refractivity contribution in [3.63, 3.8) is 0 Å². The largest absolute Gasteiger partial charge is 0.335 e. The van der Waals surface area contributed by atoms with Crippen LogP contribution in [0, 0.1) is 6.92 Å². The number of aryl methyl sites for hydroxylation is 1. The summed E-state index contributed by atoms with van der Waals surface area (Å²) >= 11 is 0. The van der Waals surface area contributed by atoms with Gasteiger partial charge in [-0.2, -0.15) is 0 Å². The fraction of sp³-hybridized carbons (Fsp3) is 0.389. The van der Waals surface area contributed by atoms with E-state index in [9.17, 15) is 9.59 Å². The molecule has 1 fully saturated rings. The molecule has 1 aromatic carbocycles. The lowest BCUT2D eigenvalue weighted by molar-refractivity contribution is -0.118. The summed E-state index contributed by atoms with van der Waals surface area (Å²) < 4.78 is 1.89. The molecular weight excluding hydrogens is 318 g/mol. The van der Waals surface area contributed by atoms with Gasteiger partial charge in [0.2, 0.25) is 5.91 Å². The second kappa shape index (κ2) is 7.38. The Bertz CT molecular complexity index is 726. The van der Waals surface area contributed by atoms with Crippen molar-refractivity contribution in [2.75, 3.05) is 11.4 Å². The van der Waals surface area contributed by atoms with Crippen LogP contribution in [0.5, 0.6) is 0 Å². The van der Waals surface area contributed by atoms with E-state index in [4.69, 9.17) is 0 Å². The molecule has 0 radical (unpaired) electrons. The molecule has 3 rings (SSSR count). The fourth-order valence-corrected chi connectivity index (χ4v) is 2.98. The highest BCUT2D eigenvalue weighted by molar-refractivity contribution is 6.01. The van der Waals surface area contributed by atoms with Gasteiger partial charge in [-0.3, -0.25) is 4.79 Å². The molecule has 1 aromatic heterocycles. The van der Waals surface area contributed by atoms with Gasteiger partial charge in [-0.15, -0.1) is 0 Å². The Balaban J connectivity index is 1.52. The van der Waals surface area contributed by atoms with E-state index in [0.29, 0.717) is 19.5 Å². The van der Waals surface area contributed by atoms with E-state index in [1.54, 1.807) is 17.4 Å². The number of anilines is 1. The second-order valence-electron chi connectivity index (χ2n) is 6.45. The summed E-state index contributed by atoms with van der Waals surface area (Å²) in [6.07, 6.45) is 5.85. The minimum Gasteiger partial charge on any atom is -0.335 e. The molecule has 0 spiro atoms. The van der Waals surface area contributed by atoms with Crippen LogP contribution in [0.25, 0.3) is 0 Å². The van der Waals surface area contributed by atoms with Gasteiger partial charge in [0, 0.05) is 37.2 Å². The average molecular weight is 341 g/mol. The van der Waals surface area contributed by atoms with Crippen LogP contribution >= 0.6 is 0 Å². The maximum absolute atomic E-state index is 12.5. The fourth-order valence-electron chi connectivity index (χ4n) is 2.98. The molecule has 1 aliphatic rings. The molecule has 0 saturated carbocycles. The van der Waals surface area contributed by atoms with Crippen molar-refractivity contribution in [2.45, 2.75) is 38.9 Å². The molecule has 25 heavy (non-hydrogen) atoms. The molecule has 1 aliphatic heterocycles. The predicted octanol–water partition coefficient (Wildman–Crippen LogP) is 1.68. The van der Waals surface area contributed by atoms with Gasteiger partial charge in [-0.05, 0) is 32.4 Å². The van der Waals surface area contributed by atoms with E-state index >= 15 is 0 Å². The highest BCUT2D eigenvalue weighted by Gasteiger charge is 2.33. The van der Waals surface area contributed by atoms with E-state index < -0.39 is 6.04 Å². The molecule has 0 aliphatic carbocycles. The lowest BCUT2D eigenvalue weighted by Gasteiger charge is -2.19. The number of rotatable bonds is 5. The van der Waals surface area contributed by atoms with Gasteiger partial charge in [0.15, 0.2) is 0 Å². The smallest absolute Gasteiger partial charge is 0.315 e. The molecule has 1 saturated heterocycles. The molecule has 0 unspecified atom stereocenters. The number of carbonyl (C=O) groups excluding carboxylic acids is 2. The zero-order chi connectivity index (χ0) is 17.8. The number of amides is 3. The van der Waals surface area contributed by atoms with E-state index in [0.717, 1.165) is 11.3 Å². The molecule has 0 bridgehead atoms. The molecule has 7 nitrogen and oxygen atoms in total. The summed E-state index contributed by atoms with van der Waals surface area (Å²) in [4.78, 5) is 30.4.